The molecule has 1 saturated heterocycles. The third-order valence-corrected chi connectivity index (χ3v) is 4.56. The van der Waals surface area contributed by atoms with Gasteiger partial charge in [0.25, 0.3) is 5.91 Å². The molecule has 1 heterocycles. The van der Waals surface area contributed by atoms with Crippen molar-refractivity contribution in [2.24, 2.45) is 4.99 Å². The Morgan fingerprint density at radius 2 is 2.07 bits per heavy atom. The van der Waals surface area contributed by atoms with Crippen LogP contribution in [0.3, 0.4) is 0 Å². The van der Waals surface area contributed by atoms with Crippen molar-refractivity contribution in [3.63, 3.8) is 0 Å². The monoisotopic (exact) mass is 377 g/mol. The van der Waals surface area contributed by atoms with Crippen LogP contribution < -0.4 is 16.0 Å². The Bertz CT molecular complexity index is 709. The van der Waals surface area contributed by atoms with E-state index in [9.17, 15) is 14.0 Å². The molecule has 1 aliphatic heterocycles. The lowest BCUT2D eigenvalue weighted by atomic mass is 9.99. The van der Waals surface area contributed by atoms with Crippen LogP contribution in [0.15, 0.2) is 29.3 Å². The molecule has 0 saturated carbocycles. The minimum Gasteiger partial charge on any atom is -0.357 e. The summed E-state index contributed by atoms with van der Waals surface area (Å²) >= 11 is 0. The number of halogens is 1. The van der Waals surface area contributed by atoms with Gasteiger partial charge in [-0.2, -0.15) is 0 Å². The Balaban J connectivity index is 1.83. The number of rotatable bonds is 8. The van der Waals surface area contributed by atoms with Crippen molar-refractivity contribution in [3.05, 3.63) is 35.6 Å². The molecule has 3 N–H and O–H groups in total. The SMILES string of the molecule is CCNC(=NCc1cccc(F)c1)NCCCN1C(=O)NC(C)(CC)C1=O. The summed E-state index contributed by atoms with van der Waals surface area (Å²) in [4.78, 5) is 30.0. The summed E-state index contributed by atoms with van der Waals surface area (Å²) in [5.74, 6) is 0.146. The van der Waals surface area contributed by atoms with Crippen LogP contribution in [0.2, 0.25) is 0 Å². The standard InChI is InChI=1S/C19H28FN5O2/c1-4-19(3)16(26)25(18(27)24-19)11-7-10-22-17(21-5-2)23-13-14-8-6-9-15(20)12-14/h6,8-9,12H,4-5,7,10-11,13H2,1-3H3,(H,24,27)(H2,21,22,23). The number of benzene rings is 1. The first-order valence-electron chi connectivity index (χ1n) is 9.30. The lowest BCUT2D eigenvalue weighted by Gasteiger charge is -2.19. The Morgan fingerprint density at radius 3 is 2.70 bits per heavy atom. The fourth-order valence-electron chi connectivity index (χ4n) is 2.78. The maximum atomic E-state index is 13.2. The highest BCUT2D eigenvalue weighted by atomic mass is 19.1. The Labute approximate surface area is 159 Å². The number of hydrogen-bond acceptors (Lipinski definition) is 3. The predicted octanol–water partition coefficient (Wildman–Crippen LogP) is 1.99. The molecule has 0 aromatic heterocycles. The zero-order chi connectivity index (χ0) is 19.9. The van der Waals surface area contributed by atoms with Crippen molar-refractivity contribution in [3.8, 4) is 0 Å². The van der Waals surface area contributed by atoms with E-state index in [1.807, 2.05) is 19.9 Å². The van der Waals surface area contributed by atoms with Gasteiger partial charge in [-0.3, -0.25) is 9.69 Å². The molecule has 1 aliphatic rings. The van der Waals surface area contributed by atoms with Crippen LogP contribution >= 0.6 is 0 Å². The van der Waals surface area contributed by atoms with E-state index in [1.165, 1.54) is 17.0 Å². The van der Waals surface area contributed by atoms with Crippen LogP contribution in [-0.4, -0.2) is 48.0 Å². The second kappa shape index (κ2) is 9.34. The summed E-state index contributed by atoms with van der Waals surface area (Å²) in [6.07, 6.45) is 1.16. The van der Waals surface area contributed by atoms with Crippen molar-refractivity contribution < 1.29 is 14.0 Å². The smallest absolute Gasteiger partial charge is 0.325 e. The molecule has 3 amide bonds. The van der Waals surface area contributed by atoms with Gasteiger partial charge in [0.05, 0.1) is 6.54 Å². The molecule has 1 aromatic carbocycles. The first-order valence-corrected chi connectivity index (χ1v) is 9.30. The van der Waals surface area contributed by atoms with Gasteiger partial charge in [-0.15, -0.1) is 0 Å². The molecule has 8 heteroatoms. The molecule has 148 valence electrons. The molecule has 0 bridgehead atoms. The Hall–Kier alpha value is -2.64. The van der Waals surface area contributed by atoms with E-state index in [-0.39, 0.29) is 17.8 Å². The number of carbonyl (C=O) groups excluding carboxylic acids is 2. The second-order valence-electron chi connectivity index (χ2n) is 6.68. The van der Waals surface area contributed by atoms with E-state index < -0.39 is 5.54 Å². The van der Waals surface area contributed by atoms with Crippen LogP contribution in [0.25, 0.3) is 0 Å². The number of nitrogens with one attached hydrogen (secondary N) is 3. The van der Waals surface area contributed by atoms with E-state index >= 15 is 0 Å². The molecule has 1 aromatic rings. The average Bonchev–Trinajstić information content (AvgIpc) is 2.86. The summed E-state index contributed by atoms with van der Waals surface area (Å²) in [5.41, 5.74) is -0.0170. The normalized spacial score (nSPS) is 20.0. The number of nitrogens with zero attached hydrogens (tertiary/aromatic N) is 2. The van der Waals surface area contributed by atoms with Crippen molar-refractivity contribution >= 4 is 17.9 Å². The quantitative estimate of drug-likeness (QED) is 0.280. The summed E-state index contributed by atoms with van der Waals surface area (Å²) in [5, 5.41) is 9.03. The average molecular weight is 377 g/mol. The topological polar surface area (TPSA) is 85.8 Å². The molecule has 0 spiro atoms. The highest BCUT2D eigenvalue weighted by Gasteiger charge is 2.45. The van der Waals surface area contributed by atoms with Gasteiger partial charge >= 0.3 is 6.03 Å². The van der Waals surface area contributed by atoms with Crippen LogP contribution in [0, 0.1) is 5.82 Å². The second-order valence-corrected chi connectivity index (χ2v) is 6.68. The number of imide groups is 1. The van der Waals surface area contributed by atoms with Gasteiger partial charge in [0.1, 0.15) is 11.4 Å². The molecular formula is C19H28FN5O2. The van der Waals surface area contributed by atoms with E-state index in [2.05, 4.69) is 20.9 Å². The molecule has 0 radical (unpaired) electrons. The summed E-state index contributed by atoms with van der Waals surface area (Å²) in [6.45, 7) is 7.52. The molecule has 1 atom stereocenters. The van der Waals surface area contributed by atoms with Gasteiger partial charge in [-0.1, -0.05) is 19.1 Å². The Kier molecular flexibility index (Phi) is 7.15. The zero-order valence-electron chi connectivity index (χ0n) is 16.1. The molecule has 2 rings (SSSR count). The number of urea groups is 1. The highest BCUT2D eigenvalue weighted by molar-refractivity contribution is 6.06. The van der Waals surface area contributed by atoms with Crippen molar-refractivity contribution in [1.29, 1.82) is 0 Å². The fraction of sp³-hybridized carbons (Fsp3) is 0.526. The van der Waals surface area contributed by atoms with Gasteiger partial charge in [0.2, 0.25) is 0 Å². The number of hydrogen-bond donors (Lipinski definition) is 3. The van der Waals surface area contributed by atoms with E-state index in [1.54, 1.807) is 13.0 Å². The van der Waals surface area contributed by atoms with E-state index in [4.69, 9.17) is 0 Å². The van der Waals surface area contributed by atoms with Gasteiger partial charge in [0, 0.05) is 19.6 Å². The van der Waals surface area contributed by atoms with Crippen molar-refractivity contribution in [2.75, 3.05) is 19.6 Å². The zero-order valence-corrected chi connectivity index (χ0v) is 16.1. The maximum Gasteiger partial charge on any atom is 0.325 e. The number of aliphatic imine (C=N–C) groups is 1. The summed E-state index contributed by atoms with van der Waals surface area (Å²) in [6, 6.07) is 5.99. The molecular weight excluding hydrogens is 349 g/mol. The summed E-state index contributed by atoms with van der Waals surface area (Å²) < 4.78 is 13.2. The highest BCUT2D eigenvalue weighted by Crippen LogP contribution is 2.20. The number of amides is 3. The van der Waals surface area contributed by atoms with E-state index in [0.717, 1.165) is 5.56 Å². The van der Waals surface area contributed by atoms with Crippen molar-refractivity contribution in [2.45, 2.75) is 45.7 Å². The third kappa shape index (κ3) is 5.42. The van der Waals surface area contributed by atoms with Crippen LogP contribution in [0.1, 0.15) is 39.2 Å². The Morgan fingerprint density at radius 1 is 1.30 bits per heavy atom. The van der Waals surface area contributed by atoms with Gasteiger partial charge in [0.15, 0.2) is 5.96 Å². The third-order valence-electron chi connectivity index (χ3n) is 4.56. The lowest BCUT2D eigenvalue weighted by molar-refractivity contribution is -0.130. The minimum absolute atomic E-state index is 0.179. The lowest BCUT2D eigenvalue weighted by Crippen LogP contribution is -2.43. The van der Waals surface area contributed by atoms with Gasteiger partial charge in [-0.05, 0) is 44.4 Å². The van der Waals surface area contributed by atoms with Gasteiger partial charge < -0.3 is 16.0 Å². The summed E-state index contributed by atoms with van der Waals surface area (Å²) in [7, 11) is 0. The molecule has 1 fully saturated rings. The molecule has 7 nitrogen and oxygen atoms in total. The first-order chi connectivity index (χ1) is 12.9. The number of carbonyl (C=O) groups is 2. The first kappa shape index (κ1) is 20.7. The number of guanidine groups is 1. The largest absolute Gasteiger partial charge is 0.357 e. The predicted molar refractivity (Wildman–Crippen MR) is 103 cm³/mol. The minimum atomic E-state index is -0.800. The van der Waals surface area contributed by atoms with Crippen LogP contribution in [0.4, 0.5) is 9.18 Å². The maximum absolute atomic E-state index is 13.2. The molecule has 1 unspecified atom stereocenters. The van der Waals surface area contributed by atoms with Crippen LogP contribution in [0.5, 0.6) is 0 Å². The van der Waals surface area contributed by atoms with Gasteiger partial charge in [-0.25, -0.2) is 14.2 Å². The van der Waals surface area contributed by atoms with E-state index in [0.29, 0.717) is 45.0 Å². The van der Waals surface area contributed by atoms with Crippen molar-refractivity contribution in [1.82, 2.24) is 20.9 Å². The van der Waals surface area contributed by atoms with Crippen LogP contribution in [-0.2, 0) is 11.3 Å². The molecule has 27 heavy (non-hydrogen) atoms. The fourth-order valence-corrected chi connectivity index (χ4v) is 2.78. The molecule has 0 aliphatic carbocycles.